The molecule has 73 heavy (non-hydrogen) atoms. The molecule has 0 aromatic heterocycles. The summed E-state index contributed by atoms with van der Waals surface area (Å²) in [4.78, 5) is 24.5. The Morgan fingerprint density at radius 3 is 1.10 bits per heavy atom. The van der Waals surface area contributed by atoms with Crippen LogP contribution in [0.15, 0.2) is 48.6 Å². The van der Waals surface area contributed by atoms with E-state index >= 15 is 0 Å². The van der Waals surface area contributed by atoms with Crippen molar-refractivity contribution in [3.8, 4) is 0 Å². The van der Waals surface area contributed by atoms with Crippen molar-refractivity contribution in [1.29, 1.82) is 0 Å². The average molecular weight is 1020 g/mol. The number of nitrogens with one attached hydrogen (secondary N) is 1. The molecule has 0 aliphatic rings. The number of rotatable bonds is 60. The molecule has 0 spiro atoms. The van der Waals surface area contributed by atoms with Gasteiger partial charge in [-0.25, -0.2) is 0 Å². The number of esters is 1. The number of allylic oxidation sites excluding steroid dienone is 8. The standard InChI is InChI=1S/C67H125NO5/c1-3-5-7-9-11-13-15-17-18-32-36-39-43-47-51-55-59-65(70)64(63-69)68-66(71)60-56-52-48-44-40-37-33-30-28-26-24-22-20-19-21-23-25-27-29-31-34-38-42-46-50-54-58-62-73-67(72)61-57-53-49-45-41-35-16-14-12-10-8-6-4-2/h8,10,14,16,19-20,23,25,64-65,69-70H,3-7,9,11-13,15,17-18,21-22,24,26-63H2,1-2H3,(H,68,71)/b10-8-,16-14-,20-19-,25-23-. The maximum Gasteiger partial charge on any atom is 0.305 e. The number of carbonyl (C=O) groups is 2. The van der Waals surface area contributed by atoms with E-state index in [9.17, 15) is 19.8 Å². The first-order chi connectivity index (χ1) is 36.0. The molecule has 6 nitrogen and oxygen atoms in total. The van der Waals surface area contributed by atoms with Gasteiger partial charge in [-0.3, -0.25) is 9.59 Å². The summed E-state index contributed by atoms with van der Waals surface area (Å²) >= 11 is 0. The first-order valence-corrected chi connectivity index (χ1v) is 32.4. The second kappa shape index (κ2) is 62.4. The van der Waals surface area contributed by atoms with E-state index in [2.05, 4.69) is 67.8 Å². The van der Waals surface area contributed by atoms with Crippen LogP contribution in [0.4, 0.5) is 0 Å². The molecule has 0 aromatic carbocycles. The first-order valence-electron chi connectivity index (χ1n) is 32.4. The summed E-state index contributed by atoms with van der Waals surface area (Å²) in [6.07, 6.45) is 79.9. The number of unbranched alkanes of at least 4 members (excludes halogenated alkanes) is 41. The predicted molar refractivity (Wildman–Crippen MR) is 319 cm³/mol. The molecule has 0 bridgehead atoms. The van der Waals surface area contributed by atoms with Crippen LogP contribution < -0.4 is 5.32 Å². The normalized spacial score (nSPS) is 12.9. The molecule has 6 heteroatoms. The van der Waals surface area contributed by atoms with E-state index in [1.165, 1.54) is 250 Å². The Kier molecular flexibility index (Phi) is 60.5. The lowest BCUT2D eigenvalue weighted by molar-refractivity contribution is -0.143. The molecular formula is C67H125NO5. The lowest BCUT2D eigenvalue weighted by Gasteiger charge is -2.22. The third-order valence-corrected chi connectivity index (χ3v) is 14.8. The Balaban J connectivity index is 3.43. The average Bonchev–Trinajstić information content (AvgIpc) is 3.39. The molecule has 0 aliphatic heterocycles. The molecule has 0 rings (SSSR count). The number of aliphatic hydroxyl groups excluding tert-OH is 2. The number of hydrogen-bond donors (Lipinski definition) is 3. The lowest BCUT2D eigenvalue weighted by atomic mass is 10.0. The fourth-order valence-electron chi connectivity index (χ4n) is 9.89. The fraction of sp³-hybridized carbons (Fsp3) is 0.851. The molecule has 2 unspecified atom stereocenters. The summed E-state index contributed by atoms with van der Waals surface area (Å²) < 4.78 is 5.46. The van der Waals surface area contributed by atoms with Gasteiger partial charge in [0, 0.05) is 12.8 Å². The minimum Gasteiger partial charge on any atom is -0.466 e. The smallest absolute Gasteiger partial charge is 0.305 e. The van der Waals surface area contributed by atoms with Crippen molar-refractivity contribution in [3.05, 3.63) is 48.6 Å². The summed E-state index contributed by atoms with van der Waals surface area (Å²) in [5, 5.41) is 23.3. The van der Waals surface area contributed by atoms with Crippen LogP contribution in [0.1, 0.15) is 341 Å². The quantitative estimate of drug-likeness (QED) is 0.0320. The van der Waals surface area contributed by atoms with E-state index in [1.54, 1.807) is 0 Å². The van der Waals surface area contributed by atoms with Crippen LogP contribution in [0, 0.1) is 0 Å². The van der Waals surface area contributed by atoms with E-state index in [0.29, 0.717) is 25.9 Å². The van der Waals surface area contributed by atoms with E-state index in [4.69, 9.17) is 4.74 Å². The minimum atomic E-state index is -0.667. The molecule has 0 saturated carbocycles. The van der Waals surface area contributed by atoms with Crippen LogP contribution in [-0.2, 0) is 14.3 Å². The molecule has 0 fully saturated rings. The number of hydrogen-bond acceptors (Lipinski definition) is 5. The maximum atomic E-state index is 12.5. The van der Waals surface area contributed by atoms with Crippen LogP contribution in [0.3, 0.4) is 0 Å². The van der Waals surface area contributed by atoms with E-state index < -0.39 is 12.1 Å². The maximum absolute atomic E-state index is 12.5. The second-order valence-corrected chi connectivity index (χ2v) is 22.1. The summed E-state index contributed by atoms with van der Waals surface area (Å²) in [6.45, 7) is 4.89. The van der Waals surface area contributed by atoms with E-state index in [-0.39, 0.29) is 18.5 Å². The molecule has 0 aliphatic carbocycles. The van der Waals surface area contributed by atoms with Gasteiger partial charge >= 0.3 is 5.97 Å². The SMILES string of the molecule is CCC/C=C\C/C=C\CCCCCCCC(=O)OCCCCCCCCCCC/C=C\C/C=C\CCCCCCCCCCCCCC(=O)NC(CO)C(O)CCCCCCCCCCCCCCCCCC. The Bertz CT molecular complexity index is 1230. The number of carbonyl (C=O) groups excluding carboxylic acids is 2. The molecule has 0 heterocycles. The molecule has 0 aromatic rings. The lowest BCUT2D eigenvalue weighted by Crippen LogP contribution is -2.45. The Morgan fingerprint density at radius 2 is 0.712 bits per heavy atom. The van der Waals surface area contributed by atoms with Crippen molar-refractivity contribution >= 4 is 11.9 Å². The molecule has 0 saturated heterocycles. The van der Waals surface area contributed by atoms with Crippen molar-refractivity contribution in [2.75, 3.05) is 13.2 Å². The number of aliphatic hydroxyl groups is 2. The van der Waals surface area contributed by atoms with Crippen molar-refractivity contribution in [2.24, 2.45) is 0 Å². The van der Waals surface area contributed by atoms with Crippen LogP contribution >= 0.6 is 0 Å². The molecule has 428 valence electrons. The van der Waals surface area contributed by atoms with Crippen LogP contribution in [0.25, 0.3) is 0 Å². The van der Waals surface area contributed by atoms with Crippen molar-refractivity contribution in [3.63, 3.8) is 0 Å². The summed E-state index contributed by atoms with van der Waals surface area (Å²) in [6, 6.07) is -0.545. The number of amides is 1. The van der Waals surface area contributed by atoms with Gasteiger partial charge in [0.15, 0.2) is 0 Å². The molecule has 3 N–H and O–H groups in total. The zero-order valence-corrected chi connectivity index (χ0v) is 48.9. The minimum absolute atomic E-state index is 0.00493. The first kappa shape index (κ1) is 70.8. The largest absolute Gasteiger partial charge is 0.466 e. The van der Waals surface area contributed by atoms with Gasteiger partial charge in [-0.05, 0) is 83.5 Å². The van der Waals surface area contributed by atoms with Gasteiger partial charge in [0.1, 0.15) is 0 Å². The Labute approximate surface area is 455 Å². The summed E-state index contributed by atoms with van der Waals surface area (Å²) in [5.41, 5.74) is 0. The highest BCUT2D eigenvalue weighted by Gasteiger charge is 2.20. The third kappa shape index (κ3) is 58.9. The van der Waals surface area contributed by atoms with Gasteiger partial charge in [-0.1, -0.05) is 294 Å². The van der Waals surface area contributed by atoms with Crippen LogP contribution in [-0.4, -0.2) is 47.4 Å². The van der Waals surface area contributed by atoms with E-state index in [0.717, 1.165) is 57.8 Å². The highest BCUT2D eigenvalue weighted by atomic mass is 16.5. The fourth-order valence-corrected chi connectivity index (χ4v) is 9.89. The Hall–Kier alpha value is -2.18. The highest BCUT2D eigenvalue weighted by molar-refractivity contribution is 5.76. The van der Waals surface area contributed by atoms with Gasteiger partial charge in [0.2, 0.25) is 5.91 Å². The summed E-state index contributed by atoms with van der Waals surface area (Å²) in [5.74, 6) is -0.0415. The Morgan fingerprint density at radius 1 is 0.384 bits per heavy atom. The van der Waals surface area contributed by atoms with Gasteiger partial charge in [-0.15, -0.1) is 0 Å². The molecule has 2 atom stereocenters. The van der Waals surface area contributed by atoms with Crippen molar-refractivity contribution in [1.82, 2.24) is 5.32 Å². The van der Waals surface area contributed by atoms with E-state index in [1.807, 2.05) is 0 Å². The van der Waals surface area contributed by atoms with Gasteiger partial charge in [0.25, 0.3) is 0 Å². The highest BCUT2D eigenvalue weighted by Crippen LogP contribution is 2.17. The number of ether oxygens (including phenoxy) is 1. The van der Waals surface area contributed by atoms with Crippen LogP contribution in [0.2, 0.25) is 0 Å². The van der Waals surface area contributed by atoms with Gasteiger partial charge < -0.3 is 20.3 Å². The zero-order chi connectivity index (χ0) is 52.9. The second-order valence-electron chi connectivity index (χ2n) is 22.1. The predicted octanol–water partition coefficient (Wildman–Crippen LogP) is 20.5. The summed E-state index contributed by atoms with van der Waals surface area (Å²) in [7, 11) is 0. The van der Waals surface area contributed by atoms with Gasteiger partial charge in [-0.2, -0.15) is 0 Å². The zero-order valence-electron chi connectivity index (χ0n) is 48.9. The van der Waals surface area contributed by atoms with Crippen molar-refractivity contribution < 1.29 is 24.5 Å². The third-order valence-electron chi connectivity index (χ3n) is 14.8. The molecule has 0 radical (unpaired) electrons. The van der Waals surface area contributed by atoms with Crippen LogP contribution in [0.5, 0.6) is 0 Å². The van der Waals surface area contributed by atoms with Gasteiger partial charge in [0.05, 0.1) is 25.4 Å². The topological polar surface area (TPSA) is 95.9 Å². The monoisotopic (exact) mass is 1020 g/mol. The van der Waals surface area contributed by atoms with Crippen molar-refractivity contribution in [2.45, 2.75) is 353 Å². The molecular weight excluding hydrogens is 899 g/mol. The molecule has 1 amide bonds.